The lowest BCUT2D eigenvalue weighted by Crippen LogP contribution is -2.41. The first-order valence-electron chi connectivity index (χ1n) is 11.9. The van der Waals surface area contributed by atoms with Gasteiger partial charge in [-0.1, -0.05) is 42.5 Å². The van der Waals surface area contributed by atoms with Crippen molar-refractivity contribution >= 4 is 22.6 Å². The maximum Gasteiger partial charge on any atom is 0.338 e. The summed E-state index contributed by atoms with van der Waals surface area (Å²) in [6.07, 6.45) is 2.14. The maximum absolute atomic E-state index is 12.9. The number of nitrogens with two attached hydrogens (primary N) is 1. The number of likely N-dealkylation sites (tertiary alicyclic amines) is 1. The third-order valence-electron chi connectivity index (χ3n) is 6.40. The normalized spacial score (nSPS) is 14.9. The molecule has 0 spiro atoms. The first kappa shape index (κ1) is 23.8. The van der Waals surface area contributed by atoms with Crippen molar-refractivity contribution < 1.29 is 19.1 Å². The molecule has 0 radical (unpaired) electrons. The minimum absolute atomic E-state index is 0.0407. The molecule has 0 saturated carbocycles. The van der Waals surface area contributed by atoms with Gasteiger partial charge in [-0.05, 0) is 66.8 Å². The molecular weight excluding hydrogens is 428 g/mol. The Morgan fingerprint density at radius 2 is 1.76 bits per heavy atom. The number of ether oxygens (including phenoxy) is 2. The molecule has 1 fully saturated rings. The molecule has 1 heterocycles. The molecule has 0 bridgehead atoms. The highest BCUT2D eigenvalue weighted by Crippen LogP contribution is 2.29. The zero-order valence-electron chi connectivity index (χ0n) is 19.8. The Bertz CT molecular complexity index is 1150. The number of benzene rings is 3. The molecule has 3 aromatic carbocycles. The van der Waals surface area contributed by atoms with Crippen LogP contribution in [0.4, 0.5) is 0 Å². The van der Waals surface area contributed by atoms with Gasteiger partial charge in [0, 0.05) is 19.1 Å². The van der Waals surface area contributed by atoms with Gasteiger partial charge < -0.3 is 20.1 Å². The van der Waals surface area contributed by atoms with Crippen molar-refractivity contribution in [2.24, 2.45) is 5.73 Å². The first-order valence-corrected chi connectivity index (χ1v) is 11.9. The monoisotopic (exact) mass is 460 g/mol. The van der Waals surface area contributed by atoms with E-state index in [0.717, 1.165) is 48.0 Å². The van der Waals surface area contributed by atoms with Gasteiger partial charge in [-0.2, -0.15) is 0 Å². The number of carbonyl (C=O) groups is 2. The van der Waals surface area contributed by atoms with Crippen LogP contribution in [0.5, 0.6) is 5.75 Å². The molecule has 0 aliphatic carbocycles. The maximum atomic E-state index is 12.9. The van der Waals surface area contributed by atoms with Crippen LogP contribution in [0.2, 0.25) is 0 Å². The topological polar surface area (TPSA) is 81.9 Å². The summed E-state index contributed by atoms with van der Waals surface area (Å²) < 4.78 is 11.8. The summed E-state index contributed by atoms with van der Waals surface area (Å²) in [5, 5.41) is 1.70. The third kappa shape index (κ3) is 5.75. The number of amides is 1. The zero-order chi connectivity index (χ0) is 24.1. The molecule has 1 aliphatic rings. The van der Waals surface area contributed by atoms with E-state index >= 15 is 0 Å². The van der Waals surface area contributed by atoms with Crippen LogP contribution in [-0.2, 0) is 22.6 Å². The number of piperidine rings is 1. The number of hydrogen-bond donors (Lipinski definition) is 1. The van der Waals surface area contributed by atoms with Gasteiger partial charge in [0.1, 0.15) is 18.5 Å². The number of carbonyl (C=O) groups excluding carboxylic acids is 2. The largest absolute Gasteiger partial charge is 0.490 e. The molecule has 178 valence electrons. The molecule has 6 nitrogen and oxygen atoms in total. The minimum atomic E-state index is -0.498. The Morgan fingerprint density at radius 3 is 2.44 bits per heavy atom. The number of esters is 1. The molecule has 34 heavy (non-hydrogen) atoms. The minimum Gasteiger partial charge on any atom is -0.490 e. The predicted molar refractivity (Wildman–Crippen MR) is 133 cm³/mol. The molecule has 0 atom stereocenters. The second-order valence-corrected chi connectivity index (χ2v) is 9.13. The van der Waals surface area contributed by atoms with Crippen molar-refractivity contribution in [3.63, 3.8) is 0 Å². The van der Waals surface area contributed by atoms with Crippen molar-refractivity contribution in [3.05, 3.63) is 77.4 Å². The van der Waals surface area contributed by atoms with Gasteiger partial charge in [0.05, 0.1) is 12.0 Å². The molecule has 3 aromatic rings. The third-order valence-corrected chi connectivity index (χ3v) is 6.40. The Morgan fingerprint density at radius 1 is 1.03 bits per heavy atom. The van der Waals surface area contributed by atoms with Crippen LogP contribution < -0.4 is 10.5 Å². The van der Waals surface area contributed by atoms with Gasteiger partial charge in [0.15, 0.2) is 0 Å². The van der Waals surface area contributed by atoms with Crippen molar-refractivity contribution in [1.29, 1.82) is 0 Å². The van der Waals surface area contributed by atoms with Crippen LogP contribution in [0.25, 0.3) is 10.8 Å². The summed E-state index contributed by atoms with van der Waals surface area (Å²) in [7, 11) is 0. The molecule has 2 N–H and O–H groups in total. The quantitative estimate of drug-likeness (QED) is 0.502. The molecule has 4 rings (SSSR count). The average molecular weight is 461 g/mol. The highest BCUT2D eigenvalue weighted by molar-refractivity contribution is 6.01. The highest BCUT2D eigenvalue weighted by Gasteiger charge is 2.23. The Labute approximate surface area is 200 Å². The first-order chi connectivity index (χ1) is 16.4. The smallest absolute Gasteiger partial charge is 0.338 e. The fourth-order valence-electron chi connectivity index (χ4n) is 4.50. The lowest BCUT2D eigenvalue weighted by atomic mass is 9.96. The lowest BCUT2D eigenvalue weighted by molar-refractivity contribution is -0.117. The molecule has 1 aliphatic heterocycles. The van der Waals surface area contributed by atoms with Crippen LogP contribution in [0, 0.1) is 0 Å². The number of fused-ring (bicyclic) bond motifs is 1. The van der Waals surface area contributed by atoms with Crippen molar-refractivity contribution in [2.75, 3.05) is 13.1 Å². The van der Waals surface area contributed by atoms with Crippen LogP contribution in [0.15, 0.2) is 60.7 Å². The number of hydrogen-bond acceptors (Lipinski definition) is 5. The van der Waals surface area contributed by atoms with Gasteiger partial charge in [0.25, 0.3) is 0 Å². The summed E-state index contributed by atoms with van der Waals surface area (Å²) in [6, 6.07) is 19.4. The second-order valence-electron chi connectivity index (χ2n) is 9.13. The Balaban J connectivity index is 1.53. The van der Waals surface area contributed by atoms with E-state index in [1.165, 1.54) is 0 Å². The molecule has 1 amide bonds. The Hall–Kier alpha value is -3.38. The van der Waals surface area contributed by atoms with E-state index in [0.29, 0.717) is 17.2 Å². The van der Waals surface area contributed by atoms with E-state index in [-0.39, 0.29) is 19.1 Å². The van der Waals surface area contributed by atoms with Crippen LogP contribution in [-0.4, -0.2) is 42.0 Å². The molecule has 1 saturated heterocycles. The number of primary amides is 1. The lowest BCUT2D eigenvalue weighted by Gasteiger charge is -2.34. The molecular formula is C28H32N2O4. The van der Waals surface area contributed by atoms with E-state index in [1.54, 1.807) is 6.07 Å². The predicted octanol–water partition coefficient (Wildman–Crippen LogP) is 4.48. The zero-order valence-corrected chi connectivity index (χ0v) is 19.8. The van der Waals surface area contributed by atoms with Gasteiger partial charge >= 0.3 is 5.97 Å². The number of nitrogens with zero attached hydrogens (tertiary/aromatic N) is 1. The van der Waals surface area contributed by atoms with E-state index < -0.39 is 11.9 Å². The molecule has 0 aromatic heterocycles. The van der Waals surface area contributed by atoms with E-state index in [2.05, 4.69) is 18.7 Å². The van der Waals surface area contributed by atoms with Gasteiger partial charge in [-0.3, -0.25) is 4.79 Å². The van der Waals surface area contributed by atoms with Gasteiger partial charge in [0.2, 0.25) is 5.91 Å². The van der Waals surface area contributed by atoms with E-state index in [4.69, 9.17) is 15.2 Å². The highest BCUT2D eigenvalue weighted by atomic mass is 16.5. The summed E-state index contributed by atoms with van der Waals surface area (Å²) in [5.41, 5.74) is 7.35. The second kappa shape index (κ2) is 10.7. The fourth-order valence-corrected chi connectivity index (χ4v) is 4.50. The molecule has 6 heteroatoms. The van der Waals surface area contributed by atoms with E-state index in [9.17, 15) is 9.59 Å². The van der Waals surface area contributed by atoms with E-state index in [1.807, 2.05) is 54.6 Å². The van der Waals surface area contributed by atoms with Crippen molar-refractivity contribution in [3.8, 4) is 5.75 Å². The van der Waals surface area contributed by atoms with Crippen molar-refractivity contribution in [2.45, 2.75) is 51.9 Å². The molecule has 0 unspecified atom stereocenters. The summed E-state index contributed by atoms with van der Waals surface area (Å²) >= 11 is 0. The van der Waals surface area contributed by atoms with Crippen molar-refractivity contribution in [1.82, 2.24) is 4.90 Å². The standard InChI is InChI=1S/C28H32N2O4/c1-19(2)30-14-12-22(13-15-30)34-23-9-11-24-21(16-23)8-10-25(26(24)17-27(29)31)28(32)33-18-20-6-4-3-5-7-20/h3-11,16,19,22H,12-15,17-18H2,1-2H3,(H2,29,31). The van der Waals surface area contributed by atoms with Gasteiger partial charge in [-0.15, -0.1) is 0 Å². The number of rotatable bonds is 8. The summed E-state index contributed by atoms with van der Waals surface area (Å²) in [4.78, 5) is 27.1. The van der Waals surface area contributed by atoms with Gasteiger partial charge in [-0.25, -0.2) is 4.79 Å². The van der Waals surface area contributed by atoms with Crippen LogP contribution in [0.1, 0.15) is 48.2 Å². The fraction of sp³-hybridized carbons (Fsp3) is 0.357. The van der Waals surface area contributed by atoms with Crippen LogP contribution in [0.3, 0.4) is 0 Å². The SMILES string of the molecule is CC(C)N1CCC(Oc2ccc3c(CC(N)=O)c(C(=O)OCc4ccccc4)ccc3c2)CC1. The Kier molecular flexibility index (Phi) is 7.48. The van der Waals surface area contributed by atoms with Crippen LogP contribution >= 0.6 is 0 Å². The summed E-state index contributed by atoms with van der Waals surface area (Å²) in [6.45, 7) is 6.68. The average Bonchev–Trinajstić information content (AvgIpc) is 2.83. The summed E-state index contributed by atoms with van der Waals surface area (Å²) in [5.74, 6) is -0.180.